The average Bonchev–Trinajstić information content (AvgIpc) is 2.77. The standard InChI is InChI=1S/C30H40N2O3/c1-8-9-10-11-20-12-13-24(33)26-16(2)25-17(3)30(35)18(4)27(19(5)31)29(34)28(32(6)7)23(30)15-21(25)14-22(20)26/h12-13,21,23,28,33-35H,2,4-5,8-11,14-15,31H2,1,3,6-7H3/t21-,23-,28?,30-/m0/s1. The van der Waals surface area contributed by atoms with Gasteiger partial charge in [0.1, 0.15) is 17.1 Å². The second-order valence-corrected chi connectivity index (χ2v) is 10.8. The van der Waals surface area contributed by atoms with Crippen molar-refractivity contribution < 1.29 is 15.3 Å². The molecular weight excluding hydrogens is 436 g/mol. The average molecular weight is 477 g/mol. The number of aromatic hydroxyl groups is 1. The summed E-state index contributed by atoms with van der Waals surface area (Å²) in [5.41, 5.74) is 11.4. The van der Waals surface area contributed by atoms with Gasteiger partial charge in [-0.1, -0.05) is 45.6 Å². The van der Waals surface area contributed by atoms with Gasteiger partial charge in [0.25, 0.3) is 0 Å². The Labute approximate surface area is 209 Å². The second-order valence-electron chi connectivity index (χ2n) is 10.8. The van der Waals surface area contributed by atoms with Crippen LogP contribution in [0.4, 0.5) is 0 Å². The van der Waals surface area contributed by atoms with Gasteiger partial charge in [0.05, 0.1) is 6.04 Å². The van der Waals surface area contributed by atoms with Gasteiger partial charge in [-0.2, -0.15) is 0 Å². The molecule has 4 atom stereocenters. The van der Waals surface area contributed by atoms with Crippen LogP contribution in [0.25, 0.3) is 5.57 Å². The van der Waals surface area contributed by atoms with Crippen LogP contribution in [0.5, 0.6) is 5.75 Å². The van der Waals surface area contributed by atoms with Crippen LogP contribution in [0.1, 0.15) is 56.2 Å². The minimum Gasteiger partial charge on any atom is -0.510 e. The maximum atomic E-state index is 12.3. The molecule has 188 valence electrons. The molecule has 0 radical (unpaired) electrons. The van der Waals surface area contributed by atoms with E-state index in [0.717, 1.165) is 48.0 Å². The fourth-order valence-corrected chi connectivity index (χ4v) is 6.93. The number of phenols is 1. The van der Waals surface area contributed by atoms with E-state index < -0.39 is 11.6 Å². The number of benzene rings is 1. The van der Waals surface area contributed by atoms with E-state index in [1.165, 1.54) is 17.5 Å². The molecule has 0 fully saturated rings. The third-order valence-corrected chi connectivity index (χ3v) is 8.53. The number of likely N-dealkylation sites (N-methyl/N-ethyl adjacent to an activating group) is 1. The summed E-state index contributed by atoms with van der Waals surface area (Å²) in [6, 6.07) is 3.40. The van der Waals surface area contributed by atoms with Crippen LogP contribution in [0.15, 0.2) is 65.6 Å². The lowest BCUT2D eigenvalue weighted by Crippen LogP contribution is -2.58. The fraction of sp³-hybridized carbons (Fsp3) is 0.467. The molecule has 1 aromatic carbocycles. The number of aliphatic hydroxyl groups is 2. The van der Waals surface area contributed by atoms with Crippen molar-refractivity contribution in [1.29, 1.82) is 0 Å². The quantitative estimate of drug-likeness (QED) is 0.426. The first-order valence-electron chi connectivity index (χ1n) is 12.7. The van der Waals surface area contributed by atoms with Crippen molar-refractivity contribution in [3.05, 3.63) is 82.3 Å². The minimum absolute atomic E-state index is 0.117. The first kappa shape index (κ1) is 25.3. The van der Waals surface area contributed by atoms with Crippen LogP contribution in [-0.4, -0.2) is 46.0 Å². The predicted octanol–water partition coefficient (Wildman–Crippen LogP) is 5.16. The Bertz CT molecular complexity index is 1170. The number of unbranched alkanes of at least 4 members (excludes halogenated alkanes) is 2. The summed E-state index contributed by atoms with van der Waals surface area (Å²) in [6.07, 6.45) is 5.85. The third kappa shape index (κ3) is 3.68. The molecule has 35 heavy (non-hydrogen) atoms. The number of fused-ring (bicyclic) bond motifs is 3. The molecule has 0 spiro atoms. The van der Waals surface area contributed by atoms with Gasteiger partial charge in [-0.15, -0.1) is 0 Å². The molecule has 1 unspecified atom stereocenters. The molecular formula is C30H40N2O3. The molecule has 5 nitrogen and oxygen atoms in total. The van der Waals surface area contributed by atoms with Gasteiger partial charge in [-0.3, -0.25) is 4.90 Å². The monoisotopic (exact) mass is 476 g/mol. The van der Waals surface area contributed by atoms with Gasteiger partial charge in [0.2, 0.25) is 0 Å². The molecule has 0 aliphatic heterocycles. The first-order valence-corrected chi connectivity index (χ1v) is 12.7. The van der Waals surface area contributed by atoms with Gasteiger partial charge >= 0.3 is 0 Å². The summed E-state index contributed by atoms with van der Waals surface area (Å²) in [4.78, 5) is 1.94. The summed E-state index contributed by atoms with van der Waals surface area (Å²) in [5.74, 6) is 0.167. The van der Waals surface area contributed by atoms with Gasteiger partial charge in [-0.25, -0.2) is 0 Å². The number of allylic oxidation sites excluding steroid dienone is 3. The van der Waals surface area contributed by atoms with E-state index >= 15 is 0 Å². The summed E-state index contributed by atoms with van der Waals surface area (Å²) in [7, 11) is 3.81. The molecule has 1 aromatic rings. The van der Waals surface area contributed by atoms with Crippen molar-refractivity contribution in [2.45, 2.75) is 64.0 Å². The van der Waals surface area contributed by atoms with E-state index in [1.807, 2.05) is 25.9 Å². The molecule has 0 saturated heterocycles. The van der Waals surface area contributed by atoms with E-state index in [0.29, 0.717) is 17.6 Å². The van der Waals surface area contributed by atoms with Crippen molar-refractivity contribution in [2.75, 3.05) is 14.1 Å². The lowest BCUT2D eigenvalue weighted by Gasteiger charge is -2.54. The highest BCUT2D eigenvalue weighted by atomic mass is 16.3. The largest absolute Gasteiger partial charge is 0.510 e. The van der Waals surface area contributed by atoms with E-state index in [2.05, 4.69) is 32.7 Å². The number of aliphatic hydroxyl groups excluding tert-OH is 1. The number of hydrogen-bond donors (Lipinski definition) is 4. The number of nitrogens with zero attached hydrogens (tertiary/aromatic N) is 1. The molecule has 3 aliphatic rings. The van der Waals surface area contributed by atoms with Crippen LogP contribution in [-0.2, 0) is 12.8 Å². The Morgan fingerprint density at radius 3 is 2.49 bits per heavy atom. The van der Waals surface area contributed by atoms with Crippen LogP contribution in [0.3, 0.4) is 0 Å². The fourth-order valence-electron chi connectivity index (χ4n) is 6.93. The van der Waals surface area contributed by atoms with E-state index in [1.54, 1.807) is 6.07 Å². The van der Waals surface area contributed by atoms with E-state index in [9.17, 15) is 15.3 Å². The summed E-state index contributed by atoms with van der Waals surface area (Å²) in [5, 5.41) is 34.4. The van der Waals surface area contributed by atoms with E-state index in [-0.39, 0.29) is 29.0 Å². The number of aryl methyl sites for hydroxylation is 1. The molecule has 4 rings (SSSR count). The predicted molar refractivity (Wildman–Crippen MR) is 143 cm³/mol. The molecule has 5 N–H and O–H groups in total. The molecule has 0 bridgehead atoms. The molecule has 0 aromatic heterocycles. The Kier molecular flexibility index (Phi) is 6.54. The minimum atomic E-state index is -1.40. The van der Waals surface area contributed by atoms with Crippen molar-refractivity contribution in [3.63, 3.8) is 0 Å². The maximum absolute atomic E-state index is 12.3. The Morgan fingerprint density at radius 2 is 1.89 bits per heavy atom. The van der Waals surface area contributed by atoms with Crippen LogP contribution in [0, 0.1) is 11.8 Å². The topological polar surface area (TPSA) is 90.0 Å². The Morgan fingerprint density at radius 1 is 1.20 bits per heavy atom. The summed E-state index contributed by atoms with van der Waals surface area (Å²) >= 11 is 0. The maximum Gasteiger partial charge on any atom is 0.123 e. The van der Waals surface area contributed by atoms with Crippen molar-refractivity contribution >= 4 is 5.57 Å². The van der Waals surface area contributed by atoms with Gasteiger partial charge in [0, 0.05) is 22.8 Å². The van der Waals surface area contributed by atoms with Gasteiger partial charge in [0.15, 0.2) is 0 Å². The Balaban J connectivity index is 1.89. The number of hydrogen-bond acceptors (Lipinski definition) is 5. The van der Waals surface area contributed by atoms with Crippen LogP contribution in [0.2, 0.25) is 0 Å². The van der Waals surface area contributed by atoms with Crippen molar-refractivity contribution in [3.8, 4) is 5.75 Å². The molecule has 0 amide bonds. The zero-order chi connectivity index (χ0) is 25.8. The van der Waals surface area contributed by atoms with Crippen molar-refractivity contribution in [2.24, 2.45) is 17.6 Å². The number of nitrogens with two attached hydrogens (primary N) is 1. The first-order chi connectivity index (χ1) is 16.5. The number of phenolic OH excluding ortho intramolecular Hbond substituents is 1. The third-order valence-electron chi connectivity index (χ3n) is 8.53. The SMILES string of the molecule is C=C(N)C1=C(O)C(N(C)C)[C@@H]2C[C@@H]3Cc4c(CCCCC)ccc(O)c4C(=C)C3=C(C)[C@]2(O)C1=C. The van der Waals surface area contributed by atoms with E-state index in [4.69, 9.17) is 5.73 Å². The van der Waals surface area contributed by atoms with Crippen LogP contribution >= 0.6 is 0 Å². The van der Waals surface area contributed by atoms with Crippen LogP contribution < -0.4 is 5.73 Å². The molecule has 0 saturated carbocycles. The molecule has 0 heterocycles. The lowest BCUT2D eigenvalue weighted by molar-refractivity contribution is -0.0178. The Hall–Kier alpha value is -2.76. The highest BCUT2D eigenvalue weighted by Crippen LogP contribution is 2.58. The lowest BCUT2D eigenvalue weighted by atomic mass is 9.55. The smallest absolute Gasteiger partial charge is 0.123 e. The molecule has 3 aliphatic carbocycles. The van der Waals surface area contributed by atoms with Crippen molar-refractivity contribution in [1.82, 2.24) is 4.90 Å². The number of rotatable bonds is 6. The normalized spacial score (nSPS) is 28.2. The summed E-state index contributed by atoms with van der Waals surface area (Å²) < 4.78 is 0. The van der Waals surface area contributed by atoms with Gasteiger partial charge in [-0.05, 0) is 92.1 Å². The highest BCUT2D eigenvalue weighted by molar-refractivity contribution is 5.87. The zero-order valence-corrected chi connectivity index (χ0v) is 21.6. The van der Waals surface area contributed by atoms with Gasteiger partial charge < -0.3 is 21.1 Å². The zero-order valence-electron chi connectivity index (χ0n) is 21.6. The second kappa shape index (κ2) is 9.03. The highest BCUT2D eigenvalue weighted by Gasteiger charge is 2.57. The molecule has 5 heteroatoms. The summed E-state index contributed by atoms with van der Waals surface area (Å²) in [6.45, 7) is 16.6.